The topological polar surface area (TPSA) is 60.6 Å². The summed E-state index contributed by atoms with van der Waals surface area (Å²) in [6.45, 7) is 7.65. The largest absolute Gasteiger partial charge is 0.419 e. The van der Waals surface area contributed by atoms with Crippen LogP contribution in [0.5, 0.6) is 0 Å². The van der Waals surface area contributed by atoms with Crippen LogP contribution >= 0.6 is 0 Å². The summed E-state index contributed by atoms with van der Waals surface area (Å²) in [5.41, 5.74) is 2.18. The minimum Gasteiger partial charge on any atom is -0.419 e. The lowest BCUT2D eigenvalue weighted by atomic mass is 9.95. The standard InChI is InChI=1S/C19H25N3O3/c1-13-3-5-15(6-4-13)18-21-20-17(25-18)14(2)22-9-7-16(8-10-22)19-23-11-12-24-19/h3-6,14,16,19H,7-12H2,1-2H3. The number of aryl methyl sites for hydroxylation is 1. The van der Waals surface area contributed by atoms with Gasteiger partial charge in [0.2, 0.25) is 11.8 Å². The molecule has 6 heteroatoms. The number of likely N-dealkylation sites (tertiary alicyclic amines) is 1. The molecule has 2 aliphatic heterocycles. The number of aromatic nitrogens is 2. The number of benzene rings is 1. The lowest BCUT2D eigenvalue weighted by molar-refractivity contribution is -0.0996. The normalized spacial score (nSPS) is 21.7. The molecule has 0 spiro atoms. The van der Waals surface area contributed by atoms with Gasteiger partial charge in [-0.25, -0.2) is 0 Å². The summed E-state index contributed by atoms with van der Waals surface area (Å²) >= 11 is 0. The van der Waals surface area contributed by atoms with E-state index in [2.05, 4.69) is 41.1 Å². The zero-order valence-corrected chi connectivity index (χ0v) is 14.9. The minimum absolute atomic E-state index is 0.00556. The minimum atomic E-state index is -0.00556. The van der Waals surface area contributed by atoms with E-state index in [9.17, 15) is 0 Å². The predicted octanol–water partition coefficient (Wildman–Crippen LogP) is 3.19. The van der Waals surface area contributed by atoms with Crippen molar-refractivity contribution in [1.29, 1.82) is 0 Å². The van der Waals surface area contributed by atoms with E-state index in [1.165, 1.54) is 5.56 Å². The highest BCUT2D eigenvalue weighted by Gasteiger charge is 2.33. The van der Waals surface area contributed by atoms with Crippen LogP contribution in [0.25, 0.3) is 11.5 Å². The highest BCUT2D eigenvalue weighted by Crippen LogP contribution is 2.31. The fourth-order valence-corrected chi connectivity index (χ4v) is 3.60. The number of nitrogens with zero attached hydrogens (tertiary/aromatic N) is 3. The zero-order valence-electron chi connectivity index (χ0n) is 14.9. The summed E-state index contributed by atoms with van der Waals surface area (Å²) in [4.78, 5) is 2.40. The maximum Gasteiger partial charge on any atom is 0.247 e. The van der Waals surface area contributed by atoms with Gasteiger partial charge in [0, 0.05) is 11.5 Å². The van der Waals surface area contributed by atoms with Gasteiger partial charge in [-0.2, -0.15) is 0 Å². The molecule has 4 rings (SSSR count). The number of rotatable bonds is 4. The van der Waals surface area contributed by atoms with E-state index in [1.807, 2.05) is 12.1 Å². The molecule has 2 aliphatic rings. The van der Waals surface area contributed by atoms with Crippen molar-refractivity contribution in [2.45, 2.75) is 39.0 Å². The smallest absolute Gasteiger partial charge is 0.247 e. The maximum atomic E-state index is 5.94. The predicted molar refractivity (Wildman–Crippen MR) is 92.9 cm³/mol. The molecular weight excluding hydrogens is 318 g/mol. The first kappa shape index (κ1) is 16.7. The molecule has 25 heavy (non-hydrogen) atoms. The Morgan fingerprint density at radius 3 is 2.40 bits per heavy atom. The van der Waals surface area contributed by atoms with Crippen LogP contribution in [0.3, 0.4) is 0 Å². The molecule has 2 saturated heterocycles. The highest BCUT2D eigenvalue weighted by molar-refractivity contribution is 5.52. The number of hydrogen-bond donors (Lipinski definition) is 0. The van der Waals surface area contributed by atoms with Gasteiger partial charge in [0.05, 0.1) is 19.3 Å². The van der Waals surface area contributed by atoms with E-state index in [-0.39, 0.29) is 12.3 Å². The second kappa shape index (κ2) is 7.23. The molecule has 1 aromatic heterocycles. The van der Waals surface area contributed by atoms with Crippen LogP contribution in [0.4, 0.5) is 0 Å². The van der Waals surface area contributed by atoms with E-state index < -0.39 is 0 Å². The third kappa shape index (κ3) is 3.61. The van der Waals surface area contributed by atoms with E-state index in [0.29, 0.717) is 17.7 Å². The third-order valence-electron chi connectivity index (χ3n) is 5.25. The number of piperidine rings is 1. The van der Waals surface area contributed by atoms with Crippen molar-refractivity contribution in [2.75, 3.05) is 26.3 Å². The SMILES string of the molecule is Cc1ccc(-c2nnc(C(C)N3CCC(C4OCCO4)CC3)o2)cc1. The molecule has 0 saturated carbocycles. The molecule has 1 unspecified atom stereocenters. The first-order valence-electron chi connectivity index (χ1n) is 9.08. The van der Waals surface area contributed by atoms with Gasteiger partial charge >= 0.3 is 0 Å². The van der Waals surface area contributed by atoms with Crippen molar-refractivity contribution in [3.63, 3.8) is 0 Å². The molecule has 6 nitrogen and oxygen atoms in total. The average molecular weight is 343 g/mol. The zero-order chi connectivity index (χ0) is 17.2. The van der Waals surface area contributed by atoms with Gasteiger partial charge in [0.15, 0.2) is 6.29 Å². The second-order valence-electron chi connectivity index (χ2n) is 6.97. The molecule has 134 valence electrons. The van der Waals surface area contributed by atoms with E-state index >= 15 is 0 Å². The summed E-state index contributed by atoms with van der Waals surface area (Å²) in [5, 5.41) is 8.51. The molecule has 2 fully saturated rings. The Morgan fingerprint density at radius 2 is 1.72 bits per heavy atom. The average Bonchev–Trinajstić information content (AvgIpc) is 3.34. The third-order valence-corrected chi connectivity index (χ3v) is 5.25. The van der Waals surface area contributed by atoms with E-state index in [4.69, 9.17) is 13.9 Å². The Kier molecular flexibility index (Phi) is 4.83. The second-order valence-corrected chi connectivity index (χ2v) is 6.97. The van der Waals surface area contributed by atoms with Crippen molar-refractivity contribution >= 4 is 0 Å². The fourth-order valence-electron chi connectivity index (χ4n) is 3.60. The van der Waals surface area contributed by atoms with Crippen LogP contribution in [0.1, 0.15) is 37.3 Å². The van der Waals surface area contributed by atoms with Crippen LogP contribution < -0.4 is 0 Å². The van der Waals surface area contributed by atoms with Crippen molar-refractivity contribution in [2.24, 2.45) is 5.92 Å². The first-order valence-corrected chi connectivity index (χ1v) is 9.08. The monoisotopic (exact) mass is 343 g/mol. The Balaban J connectivity index is 1.38. The van der Waals surface area contributed by atoms with Crippen LogP contribution in [-0.2, 0) is 9.47 Å². The highest BCUT2D eigenvalue weighted by atomic mass is 16.7. The first-order chi connectivity index (χ1) is 12.2. The Labute approximate surface area is 148 Å². The van der Waals surface area contributed by atoms with Crippen molar-refractivity contribution in [3.05, 3.63) is 35.7 Å². The molecule has 2 aromatic rings. The van der Waals surface area contributed by atoms with E-state index in [0.717, 1.165) is 44.7 Å². The van der Waals surface area contributed by atoms with Gasteiger partial charge in [-0.05, 0) is 51.9 Å². The summed E-state index contributed by atoms with van der Waals surface area (Å²) < 4.78 is 17.2. The van der Waals surface area contributed by atoms with Gasteiger partial charge in [-0.15, -0.1) is 10.2 Å². The van der Waals surface area contributed by atoms with Gasteiger partial charge in [0.1, 0.15) is 0 Å². The van der Waals surface area contributed by atoms with Crippen LogP contribution in [0, 0.1) is 12.8 Å². The molecule has 0 N–H and O–H groups in total. The molecule has 0 amide bonds. The summed E-state index contributed by atoms with van der Waals surface area (Å²) in [6.07, 6.45) is 2.15. The molecule has 0 radical (unpaired) electrons. The van der Waals surface area contributed by atoms with E-state index in [1.54, 1.807) is 0 Å². The molecule has 0 bridgehead atoms. The maximum absolute atomic E-state index is 5.94. The van der Waals surface area contributed by atoms with Crippen LogP contribution in [0.2, 0.25) is 0 Å². The van der Waals surface area contributed by atoms with Crippen LogP contribution in [-0.4, -0.2) is 47.7 Å². The van der Waals surface area contributed by atoms with Gasteiger partial charge in [-0.3, -0.25) is 4.90 Å². The molecule has 0 aliphatic carbocycles. The van der Waals surface area contributed by atoms with Crippen LogP contribution in [0.15, 0.2) is 28.7 Å². The van der Waals surface area contributed by atoms with Gasteiger partial charge in [0.25, 0.3) is 0 Å². The molecule has 3 heterocycles. The summed E-state index contributed by atoms with van der Waals surface area (Å²) in [5.74, 6) is 1.77. The number of ether oxygens (including phenoxy) is 2. The lowest BCUT2D eigenvalue weighted by Gasteiger charge is -2.36. The molecule has 1 atom stereocenters. The fraction of sp³-hybridized carbons (Fsp3) is 0.579. The lowest BCUT2D eigenvalue weighted by Crippen LogP contribution is -2.39. The molecular formula is C19H25N3O3. The Bertz CT molecular complexity index is 686. The Morgan fingerprint density at radius 1 is 1.04 bits per heavy atom. The van der Waals surface area contributed by atoms with Crippen molar-refractivity contribution < 1.29 is 13.9 Å². The summed E-state index contributed by atoms with van der Waals surface area (Å²) in [7, 11) is 0. The quantitative estimate of drug-likeness (QED) is 0.850. The van der Waals surface area contributed by atoms with Crippen molar-refractivity contribution in [1.82, 2.24) is 15.1 Å². The van der Waals surface area contributed by atoms with Gasteiger partial charge < -0.3 is 13.9 Å². The number of hydrogen-bond acceptors (Lipinski definition) is 6. The Hall–Kier alpha value is -1.76. The molecule has 1 aromatic carbocycles. The summed E-state index contributed by atoms with van der Waals surface area (Å²) in [6, 6.07) is 8.27. The van der Waals surface area contributed by atoms with Gasteiger partial charge in [-0.1, -0.05) is 17.7 Å². The van der Waals surface area contributed by atoms with Crippen molar-refractivity contribution in [3.8, 4) is 11.5 Å².